The van der Waals surface area contributed by atoms with Crippen molar-refractivity contribution in [2.45, 2.75) is 19.3 Å². The number of hydrogen-bond acceptors (Lipinski definition) is 2. The normalized spacial score (nSPS) is 13.3. The second-order valence-electron chi connectivity index (χ2n) is 13.8. The van der Waals surface area contributed by atoms with E-state index in [1.54, 1.807) is 0 Å². The Hall–Kier alpha value is -5.70. The Morgan fingerprint density at radius 3 is 1.98 bits per heavy atom. The van der Waals surface area contributed by atoms with Crippen molar-refractivity contribution in [3.05, 3.63) is 175 Å². The summed E-state index contributed by atoms with van der Waals surface area (Å²) in [5, 5.41) is 7.72. The Morgan fingerprint density at radius 1 is 0.408 bits per heavy atom. The monoisotopic (exact) mass is 643 g/mol. The molecule has 0 saturated heterocycles. The van der Waals surface area contributed by atoms with E-state index in [1.807, 2.05) is 11.3 Å². The quantitative estimate of drug-likeness (QED) is 0.184. The van der Waals surface area contributed by atoms with Crippen molar-refractivity contribution in [3.8, 4) is 22.3 Å². The van der Waals surface area contributed by atoms with Gasteiger partial charge in [0, 0.05) is 42.6 Å². The molecule has 9 aromatic rings. The van der Waals surface area contributed by atoms with E-state index < -0.39 is 0 Å². The lowest BCUT2D eigenvalue weighted by molar-refractivity contribution is 0.660. The molecule has 2 heteroatoms. The van der Waals surface area contributed by atoms with Gasteiger partial charge in [0.15, 0.2) is 0 Å². The molecule has 1 nitrogen and oxygen atoms in total. The van der Waals surface area contributed by atoms with Gasteiger partial charge in [-0.1, -0.05) is 123 Å². The summed E-state index contributed by atoms with van der Waals surface area (Å²) in [6.07, 6.45) is 0. The molecule has 0 aliphatic heterocycles. The minimum absolute atomic E-state index is 0.0338. The standard InChI is InChI=1S/C47H33NS/c1-47(2)43-16-7-5-13-39(43)41-29-36(24-25-44(41)47)48(34-21-18-31(19-22-34)38-15-9-11-30-10-3-4-12-37(30)38)35-23-20-32-27-42-40-14-6-8-17-45(40)49-46(42)28-33(32)26-35/h3-29H,1-2H3. The van der Waals surface area contributed by atoms with Crippen LogP contribution in [0.5, 0.6) is 0 Å². The summed E-state index contributed by atoms with van der Waals surface area (Å²) >= 11 is 1.88. The van der Waals surface area contributed by atoms with Gasteiger partial charge in [-0.25, -0.2) is 0 Å². The van der Waals surface area contributed by atoms with Crippen molar-refractivity contribution in [1.82, 2.24) is 0 Å². The van der Waals surface area contributed by atoms with E-state index >= 15 is 0 Å². The molecular weight excluding hydrogens is 611 g/mol. The van der Waals surface area contributed by atoms with Crippen LogP contribution >= 0.6 is 11.3 Å². The van der Waals surface area contributed by atoms with E-state index in [0.717, 1.165) is 17.1 Å². The van der Waals surface area contributed by atoms with Crippen molar-refractivity contribution >= 4 is 70.1 Å². The molecule has 0 spiro atoms. The maximum atomic E-state index is 2.43. The van der Waals surface area contributed by atoms with Crippen LogP contribution in [0.25, 0.3) is 64.0 Å². The van der Waals surface area contributed by atoms with E-state index in [2.05, 4.69) is 183 Å². The topological polar surface area (TPSA) is 3.24 Å². The molecule has 8 aromatic carbocycles. The minimum Gasteiger partial charge on any atom is -0.310 e. The van der Waals surface area contributed by atoms with Crippen LogP contribution in [0.4, 0.5) is 17.1 Å². The molecule has 0 atom stereocenters. The summed E-state index contributed by atoms with van der Waals surface area (Å²) in [5.74, 6) is 0. The van der Waals surface area contributed by atoms with Gasteiger partial charge < -0.3 is 4.90 Å². The first kappa shape index (κ1) is 28.3. The minimum atomic E-state index is -0.0338. The lowest BCUT2D eigenvalue weighted by Crippen LogP contribution is -2.15. The van der Waals surface area contributed by atoms with E-state index in [9.17, 15) is 0 Å². The second-order valence-corrected chi connectivity index (χ2v) is 14.9. The third kappa shape index (κ3) is 4.38. The van der Waals surface area contributed by atoms with Gasteiger partial charge in [-0.3, -0.25) is 0 Å². The molecule has 49 heavy (non-hydrogen) atoms. The van der Waals surface area contributed by atoms with Gasteiger partial charge in [0.05, 0.1) is 0 Å². The van der Waals surface area contributed by atoms with E-state index in [4.69, 9.17) is 0 Å². The van der Waals surface area contributed by atoms with Crippen LogP contribution in [-0.2, 0) is 5.41 Å². The van der Waals surface area contributed by atoms with E-state index in [1.165, 1.54) is 75.1 Å². The molecule has 10 rings (SSSR count). The number of anilines is 3. The number of benzene rings is 8. The average molecular weight is 644 g/mol. The van der Waals surface area contributed by atoms with Crippen LogP contribution in [0.1, 0.15) is 25.0 Å². The van der Waals surface area contributed by atoms with Crippen molar-refractivity contribution in [3.63, 3.8) is 0 Å². The summed E-state index contributed by atoms with van der Waals surface area (Å²) in [7, 11) is 0. The molecule has 0 N–H and O–H groups in total. The number of thiophene rings is 1. The van der Waals surface area contributed by atoms with E-state index in [0.29, 0.717) is 0 Å². The fraction of sp³-hybridized carbons (Fsp3) is 0.0638. The zero-order valence-electron chi connectivity index (χ0n) is 27.4. The average Bonchev–Trinajstić information content (AvgIpc) is 3.61. The summed E-state index contributed by atoms with van der Waals surface area (Å²) < 4.78 is 2.66. The molecule has 0 saturated carbocycles. The predicted octanol–water partition coefficient (Wildman–Crippen LogP) is 13.8. The first-order chi connectivity index (χ1) is 24.0. The predicted molar refractivity (Wildman–Crippen MR) is 212 cm³/mol. The molecule has 0 bridgehead atoms. The lowest BCUT2D eigenvalue weighted by atomic mass is 9.82. The van der Waals surface area contributed by atoms with Gasteiger partial charge in [-0.2, -0.15) is 0 Å². The summed E-state index contributed by atoms with van der Waals surface area (Å²) in [6, 6.07) is 60.7. The molecule has 0 amide bonds. The summed E-state index contributed by atoms with van der Waals surface area (Å²) in [6.45, 7) is 4.69. The summed E-state index contributed by atoms with van der Waals surface area (Å²) in [5.41, 5.74) is 11.3. The molecule has 0 fully saturated rings. The Balaban J connectivity index is 1.15. The third-order valence-corrected chi connectivity index (χ3v) is 11.8. The Kier molecular flexibility index (Phi) is 6.16. The number of fused-ring (bicyclic) bond motifs is 8. The highest BCUT2D eigenvalue weighted by Crippen LogP contribution is 2.51. The van der Waals surface area contributed by atoms with Crippen molar-refractivity contribution in [2.24, 2.45) is 0 Å². The van der Waals surface area contributed by atoms with Gasteiger partial charge in [0.2, 0.25) is 0 Å². The van der Waals surface area contributed by atoms with Crippen LogP contribution < -0.4 is 4.90 Å². The SMILES string of the molecule is CC1(C)c2ccccc2-c2cc(N(c3ccc(-c4cccc5ccccc45)cc3)c3ccc4cc5c(cc4c3)sc3ccccc35)ccc21. The van der Waals surface area contributed by atoms with Gasteiger partial charge in [0.25, 0.3) is 0 Å². The van der Waals surface area contributed by atoms with Crippen LogP contribution in [0, 0.1) is 0 Å². The van der Waals surface area contributed by atoms with E-state index in [-0.39, 0.29) is 5.41 Å². The molecular formula is C47H33NS. The van der Waals surface area contributed by atoms with Crippen LogP contribution in [-0.4, -0.2) is 0 Å². The number of rotatable bonds is 4. The third-order valence-electron chi connectivity index (χ3n) is 10.6. The lowest BCUT2D eigenvalue weighted by Gasteiger charge is -2.27. The van der Waals surface area contributed by atoms with Crippen molar-refractivity contribution in [1.29, 1.82) is 0 Å². The molecule has 0 unspecified atom stereocenters. The molecule has 1 aromatic heterocycles. The molecule has 232 valence electrons. The first-order valence-electron chi connectivity index (χ1n) is 17.0. The van der Waals surface area contributed by atoms with Gasteiger partial charge in [0.1, 0.15) is 0 Å². The van der Waals surface area contributed by atoms with Gasteiger partial charge in [-0.05, 0) is 110 Å². The summed E-state index contributed by atoms with van der Waals surface area (Å²) in [4.78, 5) is 2.43. The second kappa shape index (κ2) is 10.7. The fourth-order valence-corrected chi connectivity index (χ4v) is 9.29. The highest BCUT2D eigenvalue weighted by Gasteiger charge is 2.35. The molecule has 1 aliphatic carbocycles. The molecule has 1 heterocycles. The Labute approximate surface area is 290 Å². The zero-order valence-corrected chi connectivity index (χ0v) is 28.3. The van der Waals surface area contributed by atoms with Crippen molar-refractivity contribution in [2.75, 3.05) is 4.90 Å². The first-order valence-corrected chi connectivity index (χ1v) is 17.8. The smallest absolute Gasteiger partial charge is 0.0468 e. The van der Waals surface area contributed by atoms with Gasteiger partial charge in [-0.15, -0.1) is 11.3 Å². The highest BCUT2D eigenvalue weighted by atomic mass is 32.1. The number of hydrogen-bond donors (Lipinski definition) is 0. The number of nitrogens with zero attached hydrogens (tertiary/aromatic N) is 1. The highest BCUT2D eigenvalue weighted by molar-refractivity contribution is 7.25. The largest absolute Gasteiger partial charge is 0.310 e. The maximum Gasteiger partial charge on any atom is 0.0468 e. The van der Waals surface area contributed by atoms with Crippen LogP contribution in [0.15, 0.2) is 164 Å². The van der Waals surface area contributed by atoms with Gasteiger partial charge >= 0.3 is 0 Å². The maximum absolute atomic E-state index is 2.43. The molecule has 1 aliphatic rings. The van der Waals surface area contributed by atoms with Crippen LogP contribution in [0.3, 0.4) is 0 Å². The van der Waals surface area contributed by atoms with Crippen molar-refractivity contribution < 1.29 is 0 Å². The fourth-order valence-electron chi connectivity index (χ4n) is 8.16. The Bertz CT molecular complexity index is 2740. The Morgan fingerprint density at radius 2 is 1.08 bits per heavy atom. The van der Waals surface area contributed by atoms with Crippen LogP contribution in [0.2, 0.25) is 0 Å². The zero-order chi connectivity index (χ0) is 32.7. The molecule has 0 radical (unpaired) electrons.